The highest BCUT2D eigenvalue weighted by Crippen LogP contribution is 2.34. The first kappa shape index (κ1) is 21.8. The maximum Gasteiger partial charge on any atom is 0.273 e. The molecule has 0 aliphatic heterocycles. The van der Waals surface area contributed by atoms with Gasteiger partial charge in [-0.05, 0) is 57.7 Å². The summed E-state index contributed by atoms with van der Waals surface area (Å²) < 4.78 is 1.54. The van der Waals surface area contributed by atoms with Gasteiger partial charge < -0.3 is 4.90 Å². The number of carbonyl (C=O) groups excluding carboxylic acids is 1. The van der Waals surface area contributed by atoms with Gasteiger partial charge in [0.2, 0.25) is 0 Å². The number of halogens is 1. The van der Waals surface area contributed by atoms with Gasteiger partial charge in [0.05, 0.1) is 23.2 Å². The number of amides is 1. The third-order valence-corrected chi connectivity index (χ3v) is 5.72. The molecule has 4 rings (SSSR count). The number of carbonyl (C=O) groups is 1. The normalized spacial score (nSPS) is 14.6. The summed E-state index contributed by atoms with van der Waals surface area (Å²) in [5.74, 6) is 1.08. The van der Waals surface area contributed by atoms with Gasteiger partial charge in [-0.15, -0.1) is 0 Å². The lowest BCUT2D eigenvalue weighted by molar-refractivity contribution is 0.0664. The molecule has 3 heterocycles. The van der Waals surface area contributed by atoms with Crippen molar-refractivity contribution in [1.82, 2.24) is 34.6 Å². The van der Waals surface area contributed by atoms with Crippen LogP contribution in [0, 0.1) is 17.2 Å². The lowest BCUT2D eigenvalue weighted by Crippen LogP contribution is -2.37. The van der Waals surface area contributed by atoms with Crippen LogP contribution in [0.1, 0.15) is 61.7 Å². The first-order valence-corrected chi connectivity index (χ1v) is 10.8. The van der Waals surface area contributed by atoms with Crippen LogP contribution >= 0.6 is 11.6 Å². The molecule has 0 spiro atoms. The lowest BCUT2D eigenvalue weighted by atomic mass is 9.90. The quantitative estimate of drug-likeness (QED) is 0.541. The number of hydrogen-bond acceptors (Lipinski definition) is 7. The molecule has 3 aromatic rings. The van der Waals surface area contributed by atoms with Crippen LogP contribution in [-0.4, -0.2) is 47.1 Å². The first-order valence-electron chi connectivity index (χ1n) is 10.4. The number of aromatic nitrogens is 6. The van der Waals surface area contributed by atoms with Gasteiger partial charge in [-0.2, -0.15) is 15.0 Å². The summed E-state index contributed by atoms with van der Waals surface area (Å²) in [5.41, 5.74) is -0.224. The molecule has 1 aliphatic rings. The zero-order chi connectivity index (χ0) is 22.9. The molecule has 1 unspecified atom stereocenters. The molecule has 0 radical (unpaired) electrons. The van der Waals surface area contributed by atoms with E-state index in [1.165, 1.54) is 11.0 Å². The number of rotatable bonds is 7. The lowest BCUT2D eigenvalue weighted by Gasteiger charge is -2.29. The fourth-order valence-corrected chi connectivity index (χ4v) is 3.56. The van der Waals surface area contributed by atoms with E-state index in [0.717, 1.165) is 12.8 Å². The van der Waals surface area contributed by atoms with Gasteiger partial charge in [-0.1, -0.05) is 11.6 Å². The Morgan fingerprint density at radius 2 is 2.03 bits per heavy atom. The second kappa shape index (κ2) is 8.63. The SMILES string of the molecule is CC(c1ncnn1-c1ncccn1)N(CC1CC1)C(=O)c1cc(Cl)cc(C(C)(C)C#N)n1. The zero-order valence-corrected chi connectivity index (χ0v) is 18.9. The molecule has 3 aromatic heterocycles. The Morgan fingerprint density at radius 1 is 1.31 bits per heavy atom. The number of nitrogens with zero attached hydrogens (tertiary/aromatic N) is 8. The molecular weight excluding hydrogens is 428 g/mol. The van der Waals surface area contributed by atoms with E-state index in [1.54, 1.807) is 49.3 Å². The van der Waals surface area contributed by atoms with E-state index >= 15 is 0 Å². The molecule has 1 fully saturated rings. The summed E-state index contributed by atoms with van der Waals surface area (Å²) in [4.78, 5) is 32.8. The van der Waals surface area contributed by atoms with Gasteiger partial charge in [-0.3, -0.25) is 4.79 Å². The van der Waals surface area contributed by atoms with E-state index < -0.39 is 11.5 Å². The predicted molar refractivity (Wildman–Crippen MR) is 117 cm³/mol. The Morgan fingerprint density at radius 3 is 2.69 bits per heavy atom. The standard InChI is InChI=1S/C22H23ClN8O/c1-14(19-27-13-28-31(19)21-25-7-4-8-26-21)30(11-15-5-6-15)20(32)17-9-16(23)10-18(29-17)22(2,3)12-24/h4,7-10,13-15H,5-6,11H2,1-3H3. The monoisotopic (exact) mass is 450 g/mol. The Hall–Kier alpha value is -3.38. The van der Waals surface area contributed by atoms with Gasteiger partial charge in [0.15, 0.2) is 5.82 Å². The summed E-state index contributed by atoms with van der Waals surface area (Å²) in [6.45, 7) is 5.95. The molecule has 0 N–H and O–H groups in total. The van der Waals surface area contributed by atoms with Crippen LogP contribution in [-0.2, 0) is 5.41 Å². The summed E-state index contributed by atoms with van der Waals surface area (Å²) in [6.07, 6.45) is 6.81. The zero-order valence-electron chi connectivity index (χ0n) is 18.1. The average molecular weight is 451 g/mol. The van der Waals surface area contributed by atoms with Gasteiger partial charge in [-0.25, -0.2) is 19.9 Å². The van der Waals surface area contributed by atoms with Crippen molar-refractivity contribution < 1.29 is 4.79 Å². The van der Waals surface area contributed by atoms with Crippen molar-refractivity contribution in [1.29, 1.82) is 5.26 Å². The van der Waals surface area contributed by atoms with Gasteiger partial charge in [0.25, 0.3) is 11.9 Å². The minimum atomic E-state index is -0.877. The van der Waals surface area contributed by atoms with E-state index in [2.05, 4.69) is 31.1 Å². The number of pyridine rings is 1. The molecule has 1 atom stereocenters. The second-order valence-corrected chi connectivity index (χ2v) is 8.88. The maximum atomic E-state index is 13.6. The van der Waals surface area contributed by atoms with Crippen LogP contribution in [0.4, 0.5) is 0 Å². The fourth-order valence-electron chi connectivity index (χ4n) is 3.36. The molecule has 9 nitrogen and oxygen atoms in total. The topological polar surface area (TPSA) is 113 Å². The predicted octanol–water partition coefficient (Wildman–Crippen LogP) is 3.52. The van der Waals surface area contributed by atoms with Crippen molar-refractivity contribution in [2.75, 3.05) is 6.54 Å². The summed E-state index contributed by atoms with van der Waals surface area (Å²) in [6, 6.07) is 6.68. The van der Waals surface area contributed by atoms with E-state index in [0.29, 0.717) is 35.0 Å². The Balaban J connectivity index is 1.71. The van der Waals surface area contributed by atoms with Crippen LogP contribution in [0.25, 0.3) is 5.95 Å². The summed E-state index contributed by atoms with van der Waals surface area (Å²) >= 11 is 6.30. The van der Waals surface area contributed by atoms with Crippen molar-refractivity contribution in [2.24, 2.45) is 5.92 Å². The second-order valence-electron chi connectivity index (χ2n) is 8.45. The van der Waals surface area contributed by atoms with E-state index in [4.69, 9.17) is 11.6 Å². The summed E-state index contributed by atoms with van der Waals surface area (Å²) in [7, 11) is 0. The smallest absolute Gasteiger partial charge is 0.273 e. The van der Waals surface area contributed by atoms with Crippen molar-refractivity contribution in [3.05, 3.63) is 59.2 Å². The number of nitriles is 1. The van der Waals surface area contributed by atoms with E-state index in [9.17, 15) is 10.1 Å². The summed E-state index contributed by atoms with van der Waals surface area (Å²) in [5, 5.41) is 14.1. The third-order valence-electron chi connectivity index (χ3n) is 5.50. The van der Waals surface area contributed by atoms with E-state index in [-0.39, 0.29) is 11.6 Å². The highest BCUT2D eigenvalue weighted by atomic mass is 35.5. The molecular formula is C22H23ClN8O. The maximum absolute atomic E-state index is 13.6. The van der Waals surface area contributed by atoms with Gasteiger partial charge >= 0.3 is 0 Å². The van der Waals surface area contributed by atoms with Crippen LogP contribution in [0.3, 0.4) is 0 Å². The highest BCUT2D eigenvalue weighted by Gasteiger charge is 2.34. The largest absolute Gasteiger partial charge is 0.327 e. The fraction of sp³-hybridized carbons (Fsp3) is 0.409. The molecule has 164 valence electrons. The number of hydrogen-bond donors (Lipinski definition) is 0. The van der Waals surface area contributed by atoms with Crippen molar-refractivity contribution in [2.45, 2.75) is 45.1 Å². The average Bonchev–Trinajstić information content (AvgIpc) is 3.49. The Labute approximate surface area is 191 Å². The molecule has 1 aliphatic carbocycles. The minimum absolute atomic E-state index is 0.199. The Kier molecular flexibility index (Phi) is 5.89. The molecule has 10 heteroatoms. The highest BCUT2D eigenvalue weighted by molar-refractivity contribution is 6.31. The van der Waals surface area contributed by atoms with Crippen LogP contribution in [0.15, 0.2) is 36.9 Å². The molecule has 0 saturated heterocycles. The Bertz CT molecular complexity index is 1170. The van der Waals surface area contributed by atoms with Crippen molar-refractivity contribution >= 4 is 17.5 Å². The molecule has 0 bridgehead atoms. The van der Waals surface area contributed by atoms with Crippen molar-refractivity contribution in [3.63, 3.8) is 0 Å². The minimum Gasteiger partial charge on any atom is -0.327 e. The molecule has 1 saturated carbocycles. The third kappa shape index (κ3) is 4.46. The first-order chi connectivity index (χ1) is 15.3. The van der Waals surface area contributed by atoms with Crippen molar-refractivity contribution in [3.8, 4) is 12.0 Å². The van der Waals surface area contributed by atoms with E-state index in [1.807, 2.05) is 6.92 Å². The molecule has 1 amide bonds. The van der Waals surface area contributed by atoms with Gasteiger partial charge in [0, 0.05) is 24.0 Å². The molecule has 0 aromatic carbocycles. The van der Waals surface area contributed by atoms with Crippen LogP contribution in [0.5, 0.6) is 0 Å². The molecule has 32 heavy (non-hydrogen) atoms. The van der Waals surface area contributed by atoms with Gasteiger partial charge in [0.1, 0.15) is 12.0 Å². The van der Waals surface area contributed by atoms with Crippen LogP contribution in [0.2, 0.25) is 5.02 Å². The van der Waals surface area contributed by atoms with Crippen LogP contribution < -0.4 is 0 Å².